The Kier molecular flexibility index (Phi) is 4.81. The summed E-state index contributed by atoms with van der Waals surface area (Å²) in [6, 6.07) is 1.22. The van der Waals surface area contributed by atoms with Crippen LogP contribution in [0.15, 0.2) is 4.99 Å². The summed E-state index contributed by atoms with van der Waals surface area (Å²) in [5.41, 5.74) is 0. The molecule has 20 heavy (non-hydrogen) atoms. The van der Waals surface area contributed by atoms with E-state index in [1.807, 2.05) is 0 Å². The van der Waals surface area contributed by atoms with Crippen LogP contribution in [0, 0.1) is 5.92 Å². The first-order valence-electron chi connectivity index (χ1n) is 8.60. The fraction of sp³-hybridized carbons (Fsp3) is 0.938. The molecule has 2 unspecified atom stereocenters. The molecule has 2 N–H and O–H groups in total. The van der Waals surface area contributed by atoms with E-state index < -0.39 is 0 Å². The van der Waals surface area contributed by atoms with Crippen LogP contribution in [0.25, 0.3) is 0 Å². The molecule has 0 bridgehead atoms. The summed E-state index contributed by atoms with van der Waals surface area (Å²) in [6.07, 6.45) is 10.0. The van der Waals surface area contributed by atoms with Crippen LogP contribution >= 0.6 is 0 Å². The number of hydrogen-bond donors (Lipinski definition) is 2. The molecular formula is C16H30N4. The Morgan fingerprint density at radius 2 is 2.05 bits per heavy atom. The minimum Gasteiger partial charge on any atom is -0.355 e. The van der Waals surface area contributed by atoms with Gasteiger partial charge in [-0.3, -0.25) is 9.89 Å². The number of likely N-dealkylation sites (tertiary alicyclic amines) is 1. The highest BCUT2D eigenvalue weighted by Gasteiger charge is 2.27. The topological polar surface area (TPSA) is 39.7 Å². The third kappa shape index (κ3) is 3.66. The number of rotatable bonds is 4. The summed E-state index contributed by atoms with van der Waals surface area (Å²) in [5, 5.41) is 6.91. The molecule has 3 rings (SSSR count). The van der Waals surface area contributed by atoms with Crippen molar-refractivity contribution in [2.24, 2.45) is 10.9 Å². The van der Waals surface area contributed by atoms with E-state index in [0.717, 1.165) is 31.0 Å². The lowest BCUT2D eigenvalue weighted by atomic mass is 9.89. The highest BCUT2D eigenvalue weighted by Crippen LogP contribution is 2.27. The largest absolute Gasteiger partial charge is 0.355 e. The lowest BCUT2D eigenvalue weighted by molar-refractivity contribution is 0.188. The molecule has 0 amide bonds. The van der Waals surface area contributed by atoms with Gasteiger partial charge in [-0.2, -0.15) is 0 Å². The molecule has 0 radical (unpaired) electrons. The van der Waals surface area contributed by atoms with Crippen molar-refractivity contribution in [2.75, 3.05) is 26.2 Å². The molecule has 4 heteroatoms. The first kappa shape index (κ1) is 14.2. The zero-order valence-electron chi connectivity index (χ0n) is 12.9. The van der Waals surface area contributed by atoms with Gasteiger partial charge in [-0.15, -0.1) is 0 Å². The first-order valence-corrected chi connectivity index (χ1v) is 8.60. The predicted octanol–water partition coefficient (Wildman–Crippen LogP) is 1.97. The van der Waals surface area contributed by atoms with Crippen molar-refractivity contribution in [1.29, 1.82) is 0 Å². The van der Waals surface area contributed by atoms with Gasteiger partial charge in [-0.1, -0.05) is 19.3 Å². The molecule has 2 atom stereocenters. The quantitative estimate of drug-likeness (QED) is 0.826. The molecule has 1 aliphatic carbocycles. The molecule has 0 aromatic heterocycles. The van der Waals surface area contributed by atoms with Crippen molar-refractivity contribution >= 4 is 5.96 Å². The fourth-order valence-corrected chi connectivity index (χ4v) is 3.94. The highest BCUT2D eigenvalue weighted by atomic mass is 15.3. The summed E-state index contributed by atoms with van der Waals surface area (Å²) in [5.74, 6) is 1.98. The minimum atomic E-state index is 0.499. The van der Waals surface area contributed by atoms with Gasteiger partial charge in [-0.25, -0.2) is 0 Å². The molecular weight excluding hydrogens is 248 g/mol. The maximum Gasteiger partial charge on any atom is 0.191 e. The molecule has 0 aromatic carbocycles. The summed E-state index contributed by atoms with van der Waals surface area (Å²) < 4.78 is 0. The Balaban J connectivity index is 1.43. The smallest absolute Gasteiger partial charge is 0.191 e. The van der Waals surface area contributed by atoms with Gasteiger partial charge in [0.15, 0.2) is 5.96 Å². The number of hydrogen-bond acceptors (Lipinski definition) is 4. The second-order valence-electron chi connectivity index (χ2n) is 6.91. The molecule has 0 spiro atoms. The first-order chi connectivity index (χ1) is 9.81. The van der Waals surface area contributed by atoms with E-state index >= 15 is 0 Å². The Bertz CT molecular complexity index is 335. The van der Waals surface area contributed by atoms with Crippen molar-refractivity contribution < 1.29 is 0 Å². The fourth-order valence-electron chi connectivity index (χ4n) is 3.94. The molecule has 1 saturated carbocycles. The van der Waals surface area contributed by atoms with E-state index in [1.54, 1.807) is 0 Å². The molecule has 1 saturated heterocycles. The maximum atomic E-state index is 4.49. The molecule has 2 aliphatic heterocycles. The van der Waals surface area contributed by atoms with Crippen molar-refractivity contribution in [3.05, 3.63) is 0 Å². The molecule has 3 aliphatic rings. The second kappa shape index (κ2) is 6.79. The van der Waals surface area contributed by atoms with Crippen LogP contribution in [0.4, 0.5) is 0 Å². The Morgan fingerprint density at radius 1 is 1.20 bits per heavy atom. The Hall–Kier alpha value is -0.770. The molecule has 114 valence electrons. The van der Waals surface area contributed by atoms with E-state index in [1.165, 1.54) is 58.0 Å². The van der Waals surface area contributed by atoms with Crippen molar-refractivity contribution in [2.45, 2.75) is 64.0 Å². The van der Waals surface area contributed by atoms with E-state index in [0.29, 0.717) is 6.04 Å². The zero-order valence-corrected chi connectivity index (χ0v) is 12.9. The monoisotopic (exact) mass is 278 g/mol. The van der Waals surface area contributed by atoms with Crippen LogP contribution < -0.4 is 10.6 Å². The Morgan fingerprint density at radius 3 is 2.80 bits per heavy atom. The molecule has 4 nitrogen and oxygen atoms in total. The van der Waals surface area contributed by atoms with E-state index in [4.69, 9.17) is 0 Å². The third-order valence-electron chi connectivity index (χ3n) is 5.13. The summed E-state index contributed by atoms with van der Waals surface area (Å²) in [4.78, 5) is 7.23. The number of guanidine groups is 1. The van der Waals surface area contributed by atoms with Crippen LogP contribution in [0.3, 0.4) is 0 Å². The van der Waals surface area contributed by atoms with Crippen LogP contribution in [0.2, 0.25) is 0 Å². The van der Waals surface area contributed by atoms with Crippen molar-refractivity contribution in [3.63, 3.8) is 0 Å². The molecule has 2 heterocycles. The van der Waals surface area contributed by atoms with Crippen LogP contribution in [0.5, 0.6) is 0 Å². The van der Waals surface area contributed by atoms with Gasteiger partial charge in [0.1, 0.15) is 0 Å². The number of nitrogens with zero attached hydrogens (tertiary/aromatic N) is 2. The molecule has 2 fully saturated rings. The lowest BCUT2D eigenvalue weighted by Gasteiger charge is -2.31. The second-order valence-corrected chi connectivity index (χ2v) is 6.91. The standard InChI is InChI=1S/C16H30N4/c1-13-10-17-16(19-13)18-11-15-8-5-9-20(15)12-14-6-3-2-4-7-14/h13-15H,2-12H2,1H3,(H2,17,18,19). The van der Waals surface area contributed by atoms with Gasteiger partial charge in [0.25, 0.3) is 0 Å². The van der Waals surface area contributed by atoms with Gasteiger partial charge in [-0.05, 0) is 45.1 Å². The van der Waals surface area contributed by atoms with Crippen LogP contribution in [-0.2, 0) is 0 Å². The minimum absolute atomic E-state index is 0.499. The number of nitrogens with one attached hydrogen (secondary N) is 2. The lowest BCUT2D eigenvalue weighted by Crippen LogP contribution is -2.45. The van der Waals surface area contributed by atoms with Gasteiger partial charge in [0, 0.05) is 25.2 Å². The van der Waals surface area contributed by atoms with Gasteiger partial charge >= 0.3 is 0 Å². The Labute approximate surface area is 123 Å². The average molecular weight is 278 g/mol. The highest BCUT2D eigenvalue weighted by molar-refractivity contribution is 5.81. The summed E-state index contributed by atoms with van der Waals surface area (Å²) in [7, 11) is 0. The predicted molar refractivity (Wildman–Crippen MR) is 84.1 cm³/mol. The average Bonchev–Trinajstić information content (AvgIpc) is 3.07. The summed E-state index contributed by atoms with van der Waals surface area (Å²) in [6.45, 7) is 6.80. The third-order valence-corrected chi connectivity index (χ3v) is 5.13. The van der Waals surface area contributed by atoms with Gasteiger partial charge in [0.2, 0.25) is 0 Å². The van der Waals surface area contributed by atoms with E-state index in [-0.39, 0.29) is 0 Å². The van der Waals surface area contributed by atoms with E-state index in [2.05, 4.69) is 27.4 Å². The van der Waals surface area contributed by atoms with Gasteiger partial charge in [0.05, 0.1) is 6.54 Å². The van der Waals surface area contributed by atoms with Crippen molar-refractivity contribution in [1.82, 2.24) is 15.5 Å². The van der Waals surface area contributed by atoms with Crippen LogP contribution in [-0.4, -0.2) is 49.1 Å². The van der Waals surface area contributed by atoms with Crippen LogP contribution in [0.1, 0.15) is 51.9 Å². The molecule has 0 aromatic rings. The van der Waals surface area contributed by atoms with Crippen molar-refractivity contribution in [3.8, 4) is 0 Å². The maximum absolute atomic E-state index is 4.49. The van der Waals surface area contributed by atoms with Gasteiger partial charge < -0.3 is 10.6 Å². The normalized spacial score (nSPS) is 32.1. The zero-order chi connectivity index (χ0) is 13.8. The SMILES string of the molecule is CC1CN=C(NCC2CCCN2CC2CCCCC2)N1. The van der Waals surface area contributed by atoms with E-state index in [9.17, 15) is 0 Å². The number of aliphatic imine (C=N–C) groups is 1. The summed E-state index contributed by atoms with van der Waals surface area (Å²) >= 11 is 0.